The van der Waals surface area contributed by atoms with Gasteiger partial charge in [0.2, 0.25) is 29.4 Å². The molecule has 4 N–H and O–H groups in total. The Hall–Kier alpha value is -3.81. The van der Waals surface area contributed by atoms with E-state index in [1.165, 1.54) is 15.9 Å². The molecule has 0 spiro atoms. The summed E-state index contributed by atoms with van der Waals surface area (Å²) in [7, 11) is 0. The normalized spacial score (nSPS) is 30.0. The number of imide groups is 1. The molecule has 0 unspecified atom stereocenters. The van der Waals surface area contributed by atoms with Crippen molar-refractivity contribution < 1.29 is 38.3 Å². The minimum absolute atomic E-state index is 0.0202. The average Bonchev–Trinajstić information content (AvgIpc) is 3.36. The van der Waals surface area contributed by atoms with E-state index < -0.39 is 70.6 Å². The maximum atomic E-state index is 14.6. The summed E-state index contributed by atoms with van der Waals surface area (Å²) < 4.78 is 6.15. The molecule has 3 aliphatic heterocycles. The van der Waals surface area contributed by atoms with E-state index in [9.17, 15) is 33.6 Å². The van der Waals surface area contributed by atoms with Crippen LogP contribution in [0.3, 0.4) is 0 Å². The van der Waals surface area contributed by atoms with E-state index >= 15 is 0 Å². The second-order valence-corrected chi connectivity index (χ2v) is 17.9. The SMILES string of the molecule is C=CCNC(=O)C(=O)[C@H]1CCCCCCCO[C@@H](C)[C@H](NC(=O)N[C@H](CN2C(=O)CC(C)(C)CC2=O)C(C)(C)C)C(=O)N2C[C@H]3[C@@H]([C@H]2C(=O)N1)C3(C)C. The fourth-order valence-electron chi connectivity index (χ4n) is 8.13. The van der Waals surface area contributed by atoms with Crippen molar-refractivity contribution in [1.82, 2.24) is 31.1 Å². The highest BCUT2D eigenvalue weighted by molar-refractivity contribution is 6.38. The van der Waals surface area contributed by atoms with Crippen LogP contribution in [0.1, 0.15) is 107 Å². The smallest absolute Gasteiger partial charge is 0.315 e. The van der Waals surface area contributed by atoms with Gasteiger partial charge in [0.25, 0.3) is 5.91 Å². The predicted molar refractivity (Wildman–Crippen MR) is 198 cm³/mol. The van der Waals surface area contributed by atoms with E-state index in [-0.39, 0.29) is 68.0 Å². The number of hydrogen-bond donors (Lipinski definition) is 4. The van der Waals surface area contributed by atoms with Crippen LogP contribution in [-0.2, 0) is 33.5 Å². The molecule has 4 rings (SSSR count). The van der Waals surface area contributed by atoms with Crippen LogP contribution in [0.25, 0.3) is 0 Å². The number of nitrogens with zero attached hydrogens (tertiary/aromatic N) is 2. The Labute approximate surface area is 314 Å². The zero-order valence-corrected chi connectivity index (χ0v) is 33.0. The number of hydrogen-bond acceptors (Lipinski definition) is 8. The van der Waals surface area contributed by atoms with Crippen molar-refractivity contribution in [2.24, 2.45) is 28.1 Å². The fourth-order valence-corrected chi connectivity index (χ4v) is 8.13. The molecule has 7 atom stereocenters. The summed E-state index contributed by atoms with van der Waals surface area (Å²) >= 11 is 0. The Morgan fingerprint density at radius 3 is 2.25 bits per heavy atom. The molecule has 0 aromatic heterocycles. The van der Waals surface area contributed by atoms with E-state index in [1.807, 2.05) is 48.5 Å². The zero-order valence-electron chi connectivity index (χ0n) is 33.0. The number of urea groups is 1. The molecule has 4 fully saturated rings. The molecule has 3 heterocycles. The van der Waals surface area contributed by atoms with Gasteiger partial charge in [0, 0.05) is 39.1 Å². The maximum absolute atomic E-state index is 14.6. The van der Waals surface area contributed by atoms with Crippen molar-refractivity contribution in [3.05, 3.63) is 12.7 Å². The van der Waals surface area contributed by atoms with Crippen molar-refractivity contribution in [3.63, 3.8) is 0 Å². The molecule has 0 aromatic carbocycles. The molecule has 1 aliphatic carbocycles. The molecule has 7 amide bonds. The van der Waals surface area contributed by atoms with Crippen LogP contribution in [0.4, 0.5) is 4.79 Å². The van der Waals surface area contributed by atoms with Crippen molar-refractivity contribution in [2.75, 3.05) is 26.2 Å². The van der Waals surface area contributed by atoms with Gasteiger partial charge in [-0.25, -0.2) is 4.79 Å². The number of piperidine rings is 2. The second kappa shape index (κ2) is 16.7. The number of ether oxygens (including phenoxy) is 1. The molecular formula is C39H62N6O8. The van der Waals surface area contributed by atoms with Crippen LogP contribution < -0.4 is 21.3 Å². The first-order valence-corrected chi connectivity index (χ1v) is 19.2. The van der Waals surface area contributed by atoms with Gasteiger partial charge in [0.05, 0.1) is 18.2 Å². The van der Waals surface area contributed by atoms with Gasteiger partial charge in [0.1, 0.15) is 12.1 Å². The van der Waals surface area contributed by atoms with Crippen molar-refractivity contribution in [2.45, 2.75) is 137 Å². The van der Waals surface area contributed by atoms with Gasteiger partial charge in [-0.15, -0.1) is 6.58 Å². The summed E-state index contributed by atoms with van der Waals surface area (Å²) in [5, 5.41) is 11.1. The van der Waals surface area contributed by atoms with E-state index in [4.69, 9.17) is 4.74 Å². The Morgan fingerprint density at radius 1 is 1.00 bits per heavy atom. The number of Topliss-reactive ketones (excluding diaryl/α,β-unsaturated/α-hetero) is 1. The van der Waals surface area contributed by atoms with Crippen LogP contribution >= 0.6 is 0 Å². The molecule has 0 bridgehead atoms. The van der Waals surface area contributed by atoms with Gasteiger partial charge in [0.15, 0.2) is 0 Å². The van der Waals surface area contributed by atoms with Gasteiger partial charge >= 0.3 is 6.03 Å². The van der Waals surface area contributed by atoms with Crippen molar-refractivity contribution in [3.8, 4) is 0 Å². The molecular weight excluding hydrogens is 680 g/mol. The number of fused-ring (bicyclic) bond motifs is 3. The molecule has 3 saturated heterocycles. The number of rotatable bonds is 8. The third-order valence-corrected chi connectivity index (χ3v) is 11.6. The molecule has 53 heavy (non-hydrogen) atoms. The first kappa shape index (κ1) is 41.9. The second-order valence-electron chi connectivity index (χ2n) is 17.9. The number of carbonyl (C=O) groups excluding carboxylic acids is 7. The maximum Gasteiger partial charge on any atom is 0.315 e. The lowest BCUT2D eigenvalue weighted by Crippen LogP contribution is -2.63. The van der Waals surface area contributed by atoms with Gasteiger partial charge in [-0.05, 0) is 47.8 Å². The van der Waals surface area contributed by atoms with Gasteiger partial charge in [-0.1, -0.05) is 80.2 Å². The standard InChI is InChI=1S/C39H62N6O8/c1-10-17-40-34(50)32(48)25-16-14-12-11-13-15-18-53-23(2)30(35(51)45-21-24-29(39(24,8)9)31(45)33(49)41-25)43-36(52)42-26(37(3,4)5)22-44-27(46)19-38(6,7)20-28(44)47/h10,23-26,29-31H,1,11-22H2,2-9H3,(H,40,50)(H,41,49)(H2,42,43,52)/t23-,24-,25+,26+,29-,30-,31-/m0/s1. The largest absolute Gasteiger partial charge is 0.376 e. The number of nitrogens with one attached hydrogen (secondary N) is 4. The fraction of sp³-hybridized carbons (Fsp3) is 0.769. The summed E-state index contributed by atoms with van der Waals surface area (Å²) in [6, 6.07) is -4.48. The summed E-state index contributed by atoms with van der Waals surface area (Å²) in [6.45, 7) is 19.5. The van der Waals surface area contributed by atoms with Crippen molar-refractivity contribution in [1.29, 1.82) is 0 Å². The van der Waals surface area contributed by atoms with E-state index in [1.54, 1.807) is 6.92 Å². The van der Waals surface area contributed by atoms with Crippen molar-refractivity contribution >= 4 is 41.4 Å². The monoisotopic (exact) mass is 742 g/mol. The van der Waals surface area contributed by atoms with E-state index in [2.05, 4.69) is 27.8 Å². The molecule has 4 aliphatic rings. The first-order valence-electron chi connectivity index (χ1n) is 19.2. The van der Waals surface area contributed by atoms with Crippen LogP contribution in [0.15, 0.2) is 12.7 Å². The third kappa shape index (κ3) is 10.0. The highest BCUT2D eigenvalue weighted by atomic mass is 16.5. The topological polar surface area (TPSA) is 183 Å². The zero-order chi connectivity index (χ0) is 39.5. The van der Waals surface area contributed by atoms with E-state index in [0.29, 0.717) is 19.4 Å². The summed E-state index contributed by atoms with van der Waals surface area (Å²) in [5.41, 5.74) is -1.25. The van der Waals surface area contributed by atoms with Crippen LogP contribution in [0.5, 0.6) is 0 Å². The van der Waals surface area contributed by atoms with E-state index in [0.717, 1.165) is 19.3 Å². The first-order chi connectivity index (χ1) is 24.7. The predicted octanol–water partition coefficient (Wildman–Crippen LogP) is 2.84. The Kier molecular flexibility index (Phi) is 13.2. The molecule has 1 saturated carbocycles. The Balaban J connectivity index is 1.58. The summed E-state index contributed by atoms with van der Waals surface area (Å²) in [5.74, 6) is -3.30. The molecule has 0 aromatic rings. The molecule has 14 nitrogen and oxygen atoms in total. The van der Waals surface area contributed by atoms with Crippen LogP contribution in [0.2, 0.25) is 0 Å². The van der Waals surface area contributed by atoms with Crippen LogP contribution in [0, 0.1) is 28.1 Å². The highest BCUT2D eigenvalue weighted by Crippen LogP contribution is 2.65. The highest BCUT2D eigenvalue weighted by Gasteiger charge is 2.69. The minimum atomic E-state index is -1.18. The lowest BCUT2D eigenvalue weighted by molar-refractivity contribution is -0.153. The Bertz CT molecular complexity index is 1430. The lowest BCUT2D eigenvalue weighted by atomic mass is 9.80. The minimum Gasteiger partial charge on any atom is -0.376 e. The summed E-state index contributed by atoms with van der Waals surface area (Å²) in [6.07, 6.45) is 5.23. The molecule has 14 heteroatoms. The number of ketones is 1. The van der Waals surface area contributed by atoms with Gasteiger partial charge in [-0.3, -0.25) is 33.7 Å². The number of amides is 7. The molecule has 0 radical (unpaired) electrons. The number of carbonyl (C=O) groups is 7. The summed E-state index contributed by atoms with van der Waals surface area (Å²) in [4.78, 5) is 97.3. The third-order valence-electron chi connectivity index (χ3n) is 11.6. The molecule has 296 valence electrons. The van der Waals surface area contributed by atoms with Crippen LogP contribution in [-0.4, -0.2) is 108 Å². The number of likely N-dealkylation sites (tertiary alicyclic amines) is 1. The Morgan fingerprint density at radius 2 is 1.62 bits per heavy atom. The van der Waals surface area contributed by atoms with Gasteiger partial charge < -0.3 is 30.9 Å². The lowest BCUT2D eigenvalue weighted by Gasteiger charge is -2.40. The quantitative estimate of drug-likeness (QED) is 0.166. The average molecular weight is 743 g/mol. The van der Waals surface area contributed by atoms with Gasteiger partial charge in [-0.2, -0.15) is 0 Å².